The van der Waals surface area contributed by atoms with E-state index in [1.165, 1.54) is 6.07 Å². The maximum atomic E-state index is 13.5. The predicted molar refractivity (Wildman–Crippen MR) is 137 cm³/mol. The average molecular weight is 482 g/mol. The molecule has 2 aliphatic heterocycles. The highest BCUT2D eigenvalue weighted by Gasteiger charge is 2.57. The van der Waals surface area contributed by atoms with Gasteiger partial charge in [0.15, 0.2) is 0 Å². The average Bonchev–Trinajstić information content (AvgIpc) is 3.82. The van der Waals surface area contributed by atoms with Crippen LogP contribution in [0.15, 0.2) is 65.7 Å². The first-order valence-electron chi connectivity index (χ1n) is 13.0. The van der Waals surface area contributed by atoms with Gasteiger partial charge in [0.1, 0.15) is 17.2 Å². The third-order valence-corrected chi connectivity index (χ3v) is 8.19. The first-order chi connectivity index (χ1) is 17.5. The van der Waals surface area contributed by atoms with Gasteiger partial charge >= 0.3 is 0 Å². The summed E-state index contributed by atoms with van der Waals surface area (Å²) in [6.45, 7) is 2.16. The fraction of sp³-hybridized carbons (Fsp3) is 0.367. The van der Waals surface area contributed by atoms with Crippen molar-refractivity contribution >= 4 is 28.4 Å². The zero-order chi connectivity index (χ0) is 24.4. The molecule has 182 valence electrons. The lowest BCUT2D eigenvalue weighted by Crippen LogP contribution is -2.40. The second-order valence-electron chi connectivity index (χ2n) is 10.9. The van der Waals surface area contributed by atoms with Gasteiger partial charge in [0.2, 0.25) is 5.91 Å². The summed E-state index contributed by atoms with van der Waals surface area (Å²) in [6, 6.07) is 19.1. The standard InChI is InChI=1S/C30H28FN3O2/c31-26-10-9-24-15-23(7-8-25(24)16-26)20-1-3-21(4-2-20)27-32-30(12-13-30)29(36)34(27)18-19-11-14-33(17-19)28(35)22-5-6-22/h1-4,7-10,15-16,19,22H,5-6,11-14,17-18H2/t19-/m1/s1. The maximum absolute atomic E-state index is 13.5. The summed E-state index contributed by atoms with van der Waals surface area (Å²) in [7, 11) is 0. The van der Waals surface area contributed by atoms with Crippen LogP contribution in [0, 0.1) is 17.7 Å². The molecule has 0 unspecified atom stereocenters. The first-order valence-corrected chi connectivity index (χ1v) is 13.0. The molecule has 2 heterocycles. The number of benzene rings is 3. The molecular weight excluding hydrogens is 453 g/mol. The molecule has 3 aromatic rings. The number of amides is 2. The van der Waals surface area contributed by atoms with Gasteiger partial charge in [-0.1, -0.05) is 42.5 Å². The van der Waals surface area contributed by atoms with Crippen molar-refractivity contribution in [2.45, 2.75) is 37.6 Å². The van der Waals surface area contributed by atoms with Crippen molar-refractivity contribution < 1.29 is 14.0 Å². The molecule has 0 bridgehead atoms. The van der Waals surface area contributed by atoms with Crippen molar-refractivity contribution in [1.29, 1.82) is 0 Å². The van der Waals surface area contributed by atoms with Gasteiger partial charge < -0.3 is 4.90 Å². The Bertz CT molecular complexity index is 1420. The number of likely N-dealkylation sites (tertiary alicyclic amines) is 1. The minimum absolute atomic E-state index is 0.121. The van der Waals surface area contributed by atoms with Crippen LogP contribution >= 0.6 is 0 Å². The molecule has 6 heteroatoms. The Morgan fingerprint density at radius 3 is 2.36 bits per heavy atom. The van der Waals surface area contributed by atoms with Gasteiger partial charge in [-0.25, -0.2) is 4.39 Å². The van der Waals surface area contributed by atoms with Crippen molar-refractivity contribution in [2.24, 2.45) is 16.8 Å². The second kappa shape index (κ2) is 7.99. The number of rotatable bonds is 5. The normalized spacial score (nSPS) is 22.5. The smallest absolute Gasteiger partial charge is 0.256 e. The summed E-state index contributed by atoms with van der Waals surface area (Å²) >= 11 is 0. The van der Waals surface area contributed by atoms with Crippen molar-refractivity contribution in [2.75, 3.05) is 19.6 Å². The lowest BCUT2D eigenvalue weighted by atomic mass is 10.00. The molecule has 0 radical (unpaired) electrons. The van der Waals surface area contributed by atoms with Crippen LogP contribution in [0.5, 0.6) is 0 Å². The van der Waals surface area contributed by atoms with Crippen molar-refractivity contribution in [3.8, 4) is 11.1 Å². The Balaban J connectivity index is 1.12. The maximum Gasteiger partial charge on any atom is 0.256 e. The molecule has 7 rings (SSSR count). The molecule has 1 spiro atoms. The summed E-state index contributed by atoms with van der Waals surface area (Å²) in [5, 5.41) is 1.88. The van der Waals surface area contributed by atoms with Gasteiger partial charge in [-0.3, -0.25) is 19.5 Å². The lowest BCUT2D eigenvalue weighted by molar-refractivity contribution is -0.131. The largest absolute Gasteiger partial charge is 0.342 e. The van der Waals surface area contributed by atoms with E-state index in [-0.39, 0.29) is 23.6 Å². The Labute approximate surface area is 209 Å². The van der Waals surface area contributed by atoms with E-state index in [9.17, 15) is 14.0 Å². The van der Waals surface area contributed by atoms with Crippen molar-refractivity contribution in [1.82, 2.24) is 9.80 Å². The molecule has 2 aliphatic carbocycles. The van der Waals surface area contributed by atoms with E-state index < -0.39 is 5.54 Å². The van der Waals surface area contributed by atoms with Gasteiger partial charge in [-0.15, -0.1) is 0 Å². The van der Waals surface area contributed by atoms with Gasteiger partial charge in [-0.05, 0) is 78.1 Å². The predicted octanol–water partition coefficient (Wildman–Crippen LogP) is 5.03. The summed E-state index contributed by atoms with van der Waals surface area (Å²) in [4.78, 5) is 34.6. The Kier molecular flexibility index (Phi) is 4.82. The number of hydrogen-bond donors (Lipinski definition) is 0. The quantitative estimate of drug-likeness (QED) is 0.514. The van der Waals surface area contributed by atoms with E-state index in [1.807, 2.05) is 34.1 Å². The topological polar surface area (TPSA) is 53.0 Å². The molecule has 36 heavy (non-hydrogen) atoms. The Hall–Kier alpha value is -3.54. The highest BCUT2D eigenvalue weighted by Crippen LogP contribution is 2.46. The van der Waals surface area contributed by atoms with E-state index in [0.29, 0.717) is 12.5 Å². The van der Waals surface area contributed by atoms with E-state index in [1.54, 1.807) is 12.1 Å². The van der Waals surface area contributed by atoms with Crippen LogP contribution in [0.2, 0.25) is 0 Å². The summed E-state index contributed by atoms with van der Waals surface area (Å²) in [5.74, 6) is 1.49. The third-order valence-electron chi connectivity index (χ3n) is 8.19. The van der Waals surface area contributed by atoms with Crippen LogP contribution < -0.4 is 0 Å². The third kappa shape index (κ3) is 3.71. The van der Waals surface area contributed by atoms with Gasteiger partial charge in [-0.2, -0.15) is 0 Å². The fourth-order valence-electron chi connectivity index (χ4n) is 5.73. The molecule has 1 atom stereocenters. The molecule has 0 aromatic heterocycles. The number of aliphatic imine (C=N–C) groups is 1. The molecule has 3 fully saturated rings. The highest BCUT2D eigenvalue weighted by atomic mass is 19.1. The zero-order valence-corrected chi connectivity index (χ0v) is 20.1. The van der Waals surface area contributed by atoms with Crippen LogP contribution in [0.1, 0.15) is 37.7 Å². The van der Waals surface area contributed by atoms with E-state index in [2.05, 4.69) is 18.2 Å². The van der Waals surface area contributed by atoms with Crippen LogP contribution in [-0.4, -0.2) is 52.6 Å². The minimum atomic E-state index is -0.552. The van der Waals surface area contributed by atoms with E-state index in [4.69, 9.17) is 4.99 Å². The monoisotopic (exact) mass is 481 g/mol. The molecular formula is C30H28FN3O2. The summed E-state index contributed by atoms with van der Waals surface area (Å²) in [6.07, 6.45) is 4.62. The molecule has 4 aliphatic rings. The number of hydrogen-bond acceptors (Lipinski definition) is 3. The number of nitrogens with zero attached hydrogens (tertiary/aromatic N) is 3. The molecule has 2 amide bonds. The first kappa shape index (κ1) is 21.7. The van der Waals surface area contributed by atoms with Crippen LogP contribution in [0.3, 0.4) is 0 Å². The van der Waals surface area contributed by atoms with E-state index >= 15 is 0 Å². The number of fused-ring (bicyclic) bond motifs is 1. The molecule has 3 aromatic carbocycles. The molecule has 1 saturated heterocycles. The number of amidine groups is 1. The molecule has 0 N–H and O–H groups in total. The SMILES string of the molecule is O=C(C1CC1)N1CC[C@@H](CN2C(=O)C3(CC3)N=C2c2ccc(-c3ccc4cc(F)ccc4c3)cc2)C1. The minimum Gasteiger partial charge on any atom is -0.342 e. The second-order valence-corrected chi connectivity index (χ2v) is 10.9. The van der Waals surface area contributed by atoms with Crippen molar-refractivity contribution in [3.63, 3.8) is 0 Å². The number of halogens is 1. The lowest BCUT2D eigenvalue weighted by Gasteiger charge is -2.23. The van der Waals surface area contributed by atoms with Gasteiger partial charge in [0, 0.05) is 31.1 Å². The van der Waals surface area contributed by atoms with Crippen LogP contribution in [0.4, 0.5) is 4.39 Å². The summed E-state index contributed by atoms with van der Waals surface area (Å²) in [5.41, 5.74) is 2.52. The highest BCUT2D eigenvalue weighted by molar-refractivity contribution is 6.16. The van der Waals surface area contributed by atoms with Crippen LogP contribution in [-0.2, 0) is 9.59 Å². The van der Waals surface area contributed by atoms with Gasteiger partial charge in [0.25, 0.3) is 5.91 Å². The zero-order valence-electron chi connectivity index (χ0n) is 20.1. The number of carbonyl (C=O) groups excluding carboxylic acids is 2. The Morgan fingerprint density at radius 2 is 1.61 bits per heavy atom. The van der Waals surface area contributed by atoms with Gasteiger partial charge in [0.05, 0.1) is 0 Å². The van der Waals surface area contributed by atoms with Crippen LogP contribution in [0.25, 0.3) is 21.9 Å². The Morgan fingerprint density at radius 1 is 0.917 bits per heavy atom. The number of carbonyl (C=O) groups is 2. The van der Waals surface area contributed by atoms with Crippen molar-refractivity contribution in [3.05, 3.63) is 72.0 Å². The molecule has 2 saturated carbocycles. The molecule has 5 nitrogen and oxygen atoms in total. The van der Waals surface area contributed by atoms with E-state index in [0.717, 1.165) is 78.5 Å². The fourth-order valence-corrected chi connectivity index (χ4v) is 5.73. The summed E-state index contributed by atoms with van der Waals surface area (Å²) < 4.78 is 13.5.